The van der Waals surface area contributed by atoms with Crippen LogP contribution < -0.4 is 9.47 Å². The number of methoxy groups -OCH3 is 2. The summed E-state index contributed by atoms with van der Waals surface area (Å²) in [5.41, 5.74) is 1.04. The van der Waals surface area contributed by atoms with Gasteiger partial charge in [-0.1, -0.05) is 25.1 Å². The summed E-state index contributed by atoms with van der Waals surface area (Å²) in [6, 6.07) is 5.80. The Morgan fingerprint density at radius 3 is 2.71 bits per heavy atom. The highest BCUT2D eigenvalue weighted by atomic mass is 16.5. The summed E-state index contributed by atoms with van der Waals surface area (Å²) < 4.78 is 21.9. The summed E-state index contributed by atoms with van der Waals surface area (Å²) in [6.07, 6.45) is 1.67. The first-order chi connectivity index (χ1) is 11.6. The molecule has 1 fully saturated rings. The molecule has 1 aliphatic rings. The fourth-order valence-corrected chi connectivity index (χ4v) is 3.20. The zero-order chi connectivity index (χ0) is 17.1. The van der Waals surface area contributed by atoms with Gasteiger partial charge in [-0.3, -0.25) is 0 Å². The molecule has 1 aromatic heterocycles. The maximum absolute atomic E-state index is 5.81. The molecule has 0 bridgehead atoms. The smallest absolute Gasteiger partial charge is 0.232 e. The lowest BCUT2D eigenvalue weighted by atomic mass is 9.93. The van der Waals surface area contributed by atoms with Crippen LogP contribution in [-0.2, 0) is 11.2 Å². The molecule has 130 valence electrons. The van der Waals surface area contributed by atoms with Gasteiger partial charge >= 0.3 is 0 Å². The Balaban J connectivity index is 1.74. The van der Waals surface area contributed by atoms with Crippen LogP contribution in [0, 0.1) is 5.92 Å². The second-order valence-corrected chi connectivity index (χ2v) is 6.39. The molecule has 0 saturated carbocycles. The lowest BCUT2D eigenvalue weighted by Crippen LogP contribution is -2.21. The number of hydrogen-bond donors (Lipinski definition) is 0. The largest absolute Gasteiger partial charge is 0.493 e. The Kier molecular flexibility index (Phi) is 5.04. The molecular weight excluding hydrogens is 308 g/mol. The van der Waals surface area contributed by atoms with Crippen molar-refractivity contribution in [1.82, 2.24) is 10.1 Å². The van der Waals surface area contributed by atoms with E-state index in [9.17, 15) is 0 Å². The lowest BCUT2D eigenvalue weighted by molar-refractivity contribution is 0.0627. The van der Waals surface area contributed by atoms with Crippen molar-refractivity contribution in [2.24, 2.45) is 5.92 Å². The van der Waals surface area contributed by atoms with Crippen molar-refractivity contribution < 1.29 is 18.7 Å². The predicted molar refractivity (Wildman–Crippen MR) is 88.6 cm³/mol. The number of aromatic nitrogens is 2. The van der Waals surface area contributed by atoms with Crippen LogP contribution in [0.5, 0.6) is 11.5 Å². The zero-order valence-electron chi connectivity index (χ0n) is 14.6. The molecule has 2 heterocycles. The fraction of sp³-hybridized carbons (Fsp3) is 0.556. The lowest BCUT2D eigenvalue weighted by Gasteiger charge is -2.18. The van der Waals surface area contributed by atoms with E-state index in [1.807, 2.05) is 18.2 Å². The Morgan fingerprint density at radius 1 is 1.21 bits per heavy atom. The van der Waals surface area contributed by atoms with E-state index in [4.69, 9.17) is 18.7 Å². The van der Waals surface area contributed by atoms with Gasteiger partial charge in [0.05, 0.1) is 26.2 Å². The second kappa shape index (κ2) is 7.21. The SMILES string of the molecule is COc1ccc(Cc2noc([C@H]3CCO[C@@H]3C(C)C)n2)cc1OC. The monoisotopic (exact) mass is 332 g/mol. The van der Waals surface area contributed by atoms with Crippen molar-refractivity contribution in [1.29, 1.82) is 0 Å². The van der Waals surface area contributed by atoms with Crippen LogP contribution in [0.1, 0.15) is 43.5 Å². The first-order valence-corrected chi connectivity index (χ1v) is 8.27. The summed E-state index contributed by atoms with van der Waals surface area (Å²) in [5, 5.41) is 4.13. The molecule has 0 unspecified atom stereocenters. The Morgan fingerprint density at radius 2 is 2.00 bits per heavy atom. The van der Waals surface area contributed by atoms with Crippen molar-refractivity contribution in [2.75, 3.05) is 20.8 Å². The van der Waals surface area contributed by atoms with Gasteiger partial charge in [0, 0.05) is 13.0 Å². The van der Waals surface area contributed by atoms with Gasteiger partial charge in [-0.2, -0.15) is 4.98 Å². The minimum Gasteiger partial charge on any atom is -0.493 e. The molecule has 0 amide bonds. The topological polar surface area (TPSA) is 66.6 Å². The molecule has 2 aromatic rings. The highest BCUT2D eigenvalue weighted by Crippen LogP contribution is 2.34. The molecule has 0 aliphatic carbocycles. The van der Waals surface area contributed by atoms with E-state index in [-0.39, 0.29) is 12.0 Å². The van der Waals surface area contributed by atoms with Crippen LogP contribution in [0.2, 0.25) is 0 Å². The van der Waals surface area contributed by atoms with E-state index in [1.54, 1.807) is 14.2 Å². The Hall–Kier alpha value is -2.08. The molecule has 0 spiro atoms. The summed E-state index contributed by atoms with van der Waals surface area (Å²) in [7, 11) is 3.25. The maximum atomic E-state index is 5.81. The van der Waals surface area contributed by atoms with Crippen molar-refractivity contribution in [3.05, 3.63) is 35.5 Å². The minimum absolute atomic E-state index is 0.152. The van der Waals surface area contributed by atoms with E-state index >= 15 is 0 Å². The fourth-order valence-electron chi connectivity index (χ4n) is 3.20. The van der Waals surface area contributed by atoms with E-state index in [1.165, 1.54) is 0 Å². The summed E-state index contributed by atoms with van der Waals surface area (Å²) in [4.78, 5) is 4.59. The van der Waals surface area contributed by atoms with Gasteiger partial charge < -0.3 is 18.7 Å². The summed E-state index contributed by atoms with van der Waals surface area (Å²) in [6.45, 7) is 5.06. The van der Waals surface area contributed by atoms with E-state index < -0.39 is 0 Å². The maximum Gasteiger partial charge on any atom is 0.232 e. The van der Waals surface area contributed by atoms with Gasteiger partial charge in [0.25, 0.3) is 0 Å². The zero-order valence-corrected chi connectivity index (χ0v) is 14.6. The molecule has 0 N–H and O–H groups in total. The third-order valence-corrected chi connectivity index (χ3v) is 4.40. The second-order valence-electron chi connectivity index (χ2n) is 6.39. The van der Waals surface area contributed by atoms with E-state index in [0.29, 0.717) is 35.6 Å². The van der Waals surface area contributed by atoms with E-state index in [2.05, 4.69) is 24.0 Å². The van der Waals surface area contributed by atoms with Gasteiger partial charge in [0.15, 0.2) is 17.3 Å². The van der Waals surface area contributed by atoms with Crippen LogP contribution in [0.25, 0.3) is 0 Å². The van der Waals surface area contributed by atoms with Crippen LogP contribution >= 0.6 is 0 Å². The number of ether oxygens (including phenoxy) is 3. The first-order valence-electron chi connectivity index (χ1n) is 8.27. The van der Waals surface area contributed by atoms with Gasteiger partial charge in [-0.25, -0.2) is 0 Å². The van der Waals surface area contributed by atoms with Crippen LogP contribution in [0.15, 0.2) is 22.7 Å². The highest BCUT2D eigenvalue weighted by molar-refractivity contribution is 5.43. The average molecular weight is 332 g/mol. The number of rotatable bonds is 6. The Labute approximate surface area is 142 Å². The van der Waals surface area contributed by atoms with Crippen LogP contribution in [0.4, 0.5) is 0 Å². The summed E-state index contributed by atoms with van der Waals surface area (Å²) in [5.74, 6) is 3.38. The molecule has 0 radical (unpaired) electrons. The molecular formula is C18H24N2O4. The van der Waals surface area contributed by atoms with Crippen LogP contribution in [-0.4, -0.2) is 37.1 Å². The molecule has 2 atom stereocenters. The first kappa shape index (κ1) is 16.8. The number of nitrogens with zero attached hydrogens (tertiary/aromatic N) is 2. The molecule has 1 aliphatic heterocycles. The normalized spacial score (nSPS) is 20.5. The highest BCUT2D eigenvalue weighted by Gasteiger charge is 2.35. The molecule has 6 nitrogen and oxygen atoms in total. The predicted octanol–water partition coefficient (Wildman–Crippen LogP) is 3.21. The third kappa shape index (κ3) is 3.38. The van der Waals surface area contributed by atoms with Crippen molar-refractivity contribution >= 4 is 0 Å². The van der Waals surface area contributed by atoms with Crippen molar-refractivity contribution in [3.8, 4) is 11.5 Å². The van der Waals surface area contributed by atoms with Gasteiger partial charge in [0.1, 0.15) is 0 Å². The molecule has 1 aromatic carbocycles. The standard InChI is InChI=1S/C18H24N2O4/c1-11(2)17-13(7-8-23-17)18-19-16(20-24-18)10-12-5-6-14(21-3)15(9-12)22-4/h5-6,9,11,13,17H,7-8,10H2,1-4H3/t13-,17+/m0/s1. The summed E-state index contributed by atoms with van der Waals surface area (Å²) >= 11 is 0. The van der Waals surface area contributed by atoms with Gasteiger partial charge in [0.2, 0.25) is 5.89 Å². The van der Waals surface area contributed by atoms with Crippen molar-refractivity contribution in [3.63, 3.8) is 0 Å². The molecule has 1 saturated heterocycles. The Bertz CT molecular complexity index is 683. The van der Waals surface area contributed by atoms with E-state index in [0.717, 1.165) is 18.6 Å². The van der Waals surface area contributed by atoms with Gasteiger partial charge in [-0.15, -0.1) is 0 Å². The molecule has 3 rings (SSSR count). The molecule has 24 heavy (non-hydrogen) atoms. The van der Waals surface area contributed by atoms with Crippen LogP contribution in [0.3, 0.4) is 0 Å². The number of hydrogen-bond acceptors (Lipinski definition) is 6. The third-order valence-electron chi connectivity index (χ3n) is 4.40. The number of benzene rings is 1. The average Bonchev–Trinajstić information content (AvgIpc) is 3.23. The quantitative estimate of drug-likeness (QED) is 0.809. The molecule has 6 heteroatoms. The van der Waals surface area contributed by atoms with Gasteiger partial charge in [-0.05, 0) is 30.0 Å². The minimum atomic E-state index is 0.152. The van der Waals surface area contributed by atoms with Crippen molar-refractivity contribution in [2.45, 2.75) is 38.7 Å².